The lowest BCUT2D eigenvalue weighted by molar-refractivity contribution is 0.415. The lowest BCUT2D eigenvalue weighted by Crippen LogP contribution is -2.03. The molecule has 18 heavy (non-hydrogen) atoms. The standard InChI is InChI=1S/C15H18N2O/c1-11-4-3-5-12(8-11)10-17-15-9-13(18-2)6-7-14(15)16/h3-9,17H,10,16H2,1-2H3. The third-order valence-corrected chi connectivity index (χ3v) is 2.83. The van der Waals surface area contributed by atoms with E-state index < -0.39 is 0 Å². The molecule has 94 valence electrons. The first-order valence-corrected chi connectivity index (χ1v) is 5.92. The minimum absolute atomic E-state index is 0.725. The van der Waals surface area contributed by atoms with E-state index in [0.29, 0.717) is 0 Å². The molecule has 0 aromatic heterocycles. The first-order chi connectivity index (χ1) is 8.69. The summed E-state index contributed by atoms with van der Waals surface area (Å²) in [6.45, 7) is 2.84. The van der Waals surface area contributed by atoms with Crippen LogP contribution in [0.5, 0.6) is 5.75 Å². The van der Waals surface area contributed by atoms with Gasteiger partial charge in [0.05, 0.1) is 18.5 Å². The van der Waals surface area contributed by atoms with Gasteiger partial charge in [0.15, 0.2) is 0 Å². The second kappa shape index (κ2) is 5.45. The SMILES string of the molecule is COc1ccc(N)c(NCc2cccc(C)c2)c1. The molecule has 0 aliphatic heterocycles. The van der Waals surface area contributed by atoms with Crippen LogP contribution in [0, 0.1) is 6.92 Å². The van der Waals surface area contributed by atoms with Crippen molar-refractivity contribution in [2.24, 2.45) is 0 Å². The van der Waals surface area contributed by atoms with E-state index in [0.717, 1.165) is 23.7 Å². The number of methoxy groups -OCH3 is 1. The molecule has 0 aliphatic rings. The van der Waals surface area contributed by atoms with E-state index in [1.54, 1.807) is 7.11 Å². The molecule has 3 nitrogen and oxygen atoms in total. The number of nitrogen functional groups attached to an aromatic ring is 1. The highest BCUT2D eigenvalue weighted by Gasteiger charge is 2.01. The minimum atomic E-state index is 0.725. The van der Waals surface area contributed by atoms with Gasteiger partial charge < -0.3 is 15.8 Å². The maximum absolute atomic E-state index is 5.92. The van der Waals surface area contributed by atoms with Crippen LogP contribution in [0.4, 0.5) is 11.4 Å². The molecule has 2 aromatic carbocycles. The van der Waals surface area contributed by atoms with E-state index in [4.69, 9.17) is 10.5 Å². The van der Waals surface area contributed by atoms with Gasteiger partial charge >= 0.3 is 0 Å². The summed E-state index contributed by atoms with van der Waals surface area (Å²) in [7, 11) is 1.65. The summed E-state index contributed by atoms with van der Waals surface area (Å²) in [5.74, 6) is 0.802. The monoisotopic (exact) mass is 242 g/mol. The molecule has 0 fully saturated rings. The molecule has 0 radical (unpaired) electrons. The van der Waals surface area contributed by atoms with Gasteiger partial charge in [0.2, 0.25) is 0 Å². The second-order valence-electron chi connectivity index (χ2n) is 4.30. The Kier molecular flexibility index (Phi) is 3.72. The zero-order chi connectivity index (χ0) is 13.0. The zero-order valence-electron chi connectivity index (χ0n) is 10.7. The Balaban J connectivity index is 2.10. The van der Waals surface area contributed by atoms with Crippen molar-refractivity contribution in [3.05, 3.63) is 53.6 Å². The van der Waals surface area contributed by atoms with Gasteiger partial charge in [0.25, 0.3) is 0 Å². The molecule has 0 spiro atoms. The molecule has 3 N–H and O–H groups in total. The molecular formula is C15H18N2O. The molecule has 2 aromatic rings. The Morgan fingerprint density at radius 2 is 2.00 bits per heavy atom. The fourth-order valence-corrected chi connectivity index (χ4v) is 1.83. The van der Waals surface area contributed by atoms with Gasteiger partial charge in [0, 0.05) is 12.6 Å². The third kappa shape index (κ3) is 2.94. The highest BCUT2D eigenvalue weighted by atomic mass is 16.5. The Bertz CT molecular complexity index is 538. The lowest BCUT2D eigenvalue weighted by Gasteiger charge is -2.11. The van der Waals surface area contributed by atoms with Gasteiger partial charge in [-0.1, -0.05) is 29.8 Å². The van der Waals surface area contributed by atoms with Crippen molar-refractivity contribution < 1.29 is 4.74 Å². The molecule has 0 aliphatic carbocycles. The maximum Gasteiger partial charge on any atom is 0.121 e. The topological polar surface area (TPSA) is 47.3 Å². The molecular weight excluding hydrogens is 224 g/mol. The number of ether oxygens (including phenoxy) is 1. The molecule has 3 heteroatoms. The zero-order valence-corrected chi connectivity index (χ0v) is 10.7. The Hall–Kier alpha value is -2.16. The number of hydrogen-bond acceptors (Lipinski definition) is 3. The fraction of sp³-hybridized carbons (Fsp3) is 0.200. The summed E-state index contributed by atoms with van der Waals surface area (Å²) in [4.78, 5) is 0. The van der Waals surface area contributed by atoms with Crippen LogP contribution in [0.25, 0.3) is 0 Å². The van der Waals surface area contributed by atoms with E-state index in [9.17, 15) is 0 Å². The van der Waals surface area contributed by atoms with Crippen molar-refractivity contribution in [1.29, 1.82) is 0 Å². The van der Waals surface area contributed by atoms with Crippen molar-refractivity contribution in [1.82, 2.24) is 0 Å². The van der Waals surface area contributed by atoms with Crippen LogP contribution in [0.2, 0.25) is 0 Å². The number of nitrogens with one attached hydrogen (secondary N) is 1. The fourth-order valence-electron chi connectivity index (χ4n) is 1.83. The minimum Gasteiger partial charge on any atom is -0.497 e. The van der Waals surface area contributed by atoms with E-state index in [-0.39, 0.29) is 0 Å². The van der Waals surface area contributed by atoms with E-state index in [1.165, 1.54) is 11.1 Å². The predicted molar refractivity (Wildman–Crippen MR) is 75.9 cm³/mol. The molecule has 0 unspecified atom stereocenters. The van der Waals surface area contributed by atoms with Gasteiger partial charge in [-0.15, -0.1) is 0 Å². The summed E-state index contributed by atoms with van der Waals surface area (Å²) in [5.41, 5.74) is 10.0. The Morgan fingerprint density at radius 1 is 1.17 bits per heavy atom. The molecule has 0 heterocycles. The maximum atomic E-state index is 5.92. The summed E-state index contributed by atoms with van der Waals surface area (Å²) >= 11 is 0. The predicted octanol–water partition coefficient (Wildman–Crippen LogP) is 3.20. The van der Waals surface area contributed by atoms with E-state index in [1.807, 2.05) is 18.2 Å². The summed E-state index contributed by atoms with van der Waals surface area (Å²) < 4.78 is 5.19. The number of nitrogens with two attached hydrogens (primary N) is 1. The van der Waals surface area contributed by atoms with E-state index in [2.05, 4.69) is 36.5 Å². The van der Waals surface area contributed by atoms with Crippen LogP contribution in [0.3, 0.4) is 0 Å². The molecule has 2 rings (SSSR count). The normalized spacial score (nSPS) is 10.1. The number of anilines is 2. The van der Waals surface area contributed by atoms with Crippen molar-refractivity contribution in [2.75, 3.05) is 18.2 Å². The van der Waals surface area contributed by atoms with Crippen molar-refractivity contribution >= 4 is 11.4 Å². The summed E-state index contributed by atoms with van der Waals surface area (Å²) in [6, 6.07) is 14.0. The van der Waals surface area contributed by atoms with Gasteiger partial charge in [-0.3, -0.25) is 0 Å². The summed E-state index contributed by atoms with van der Waals surface area (Å²) in [5, 5.41) is 3.33. The van der Waals surface area contributed by atoms with Crippen LogP contribution >= 0.6 is 0 Å². The highest BCUT2D eigenvalue weighted by Crippen LogP contribution is 2.24. The van der Waals surface area contributed by atoms with Crippen LogP contribution < -0.4 is 15.8 Å². The Morgan fingerprint density at radius 3 is 2.72 bits per heavy atom. The van der Waals surface area contributed by atoms with Gasteiger partial charge in [-0.05, 0) is 24.6 Å². The quantitative estimate of drug-likeness (QED) is 0.809. The molecule has 0 atom stereocenters. The number of hydrogen-bond donors (Lipinski definition) is 2. The average molecular weight is 242 g/mol. The molecule has 0 bridgehead atoms. The number of benzene rings is 2. The van der Waals surface area contributed by atoms with Gasteiger partial charge in [-0.25, -0.2) is 0 Å². The van der Waals surface area contributed by atoms with Crippen LogP contribution in [0.1, 0.15) is 11.1 Å². The lowest BCUT2D eigenvalue weighted by atomic mass is 10.1. The molecule has 0 saturated carbocycles. The third-order valence-electron chi connectivity index (χ3n) is 2.83. The van der Waals surface area contributed by atoms with Crippen molar-refractivity contribution in [3.8, 4) is 5.75 Å². The van der Waals surface area contributed by atoms with Gasteiger partial charge in [-0.2, -0.15) is 0 Å². The number of aryl methyl sites for hydroxylation is 1. The van der Waals surface area contributed by atoms with Crippen LogP contribution in [-0.2, 0) is 6.54 Å². The smallest absolute Gasteiger partial charge is 0.121 e. The van der Waals surface area contributed by atoms with E-state index >= 15 is 0 Å². The average Bonchev–Trinajstić information content (AvgIpc) is 2.38. The first-order valence-electron chi connectivity index (χ1n) is 5.92. The summed E-state index contributed by atoms with van der Waals surface area (Å²) in [6.07, 6.45) is 0. The van der Waals surface area contributed by atoms with Gasteiger partial charge in [0.1, 0.15) is 5.75 Å². The van der Waals surface area contributed by atoms with Crippen LogP contribution in [-0.4, -0.2) is 7.11 Å². The van der Waals surface area contributed by atoms with Crippen LogP contribution in [0.15, 0.2) is 42.5 Å². The van der Waals surface area contributed by atoms with Crippen molar-refractivity contribution in [3.63, 3.8) is 0 Å². The van der Waals surface area contributed by atoms with Crippen molar-refractivity contribution in [2.45, 2.75) is 13.5 Å². The highest BCUT2D eigenvalue weighted by molar-refractivity contribution is 5.68. The molecule has 0 saturated heterocycles. The Labute approximate surface area is 108 Å². The molecule has 0 amide bonds. The largest absolute Gasteiger partial charge is 0.497 e. The number of rotatable bonds is 4. The first kappa shape index (κ1) is 12.3. The second-order valence-corrected chi connectivity index (χ2v) is 4.30.